The highest BCUT2D eigenvalue weighted by Gasteiger charge is 2.28. The van der Waals surface area contributed by atoms with E-state index in [0.29, 0.717) is 5.02 Å². The van der Waals surface area contributed by atoms with Gasteiger partial charge in [-0.3, -0.25) is 0 Å². The molecule has 0 aliphatic rings. The number of benzene rings is 2. The molecule has 0 bridgehead atoms. The predicted molar refractivity (Wildman–Crippen MR) is 81.2 cm³/mol. The van der Waals surface area contributed by atoms with Gasteiger partial charge in [0.2, 0.25) is 10.0 Å². The van der Waals surface area contributed by atoms with Gasteiger partial charge in [-0.25, -0.2) is 17.5 Å². The number of nitrogens with one attached hydrogen (secondary N) is 1. The average molecular weight is 328 g/mol. The molecule has 112 valence electrons. The molecule has 0 aromatic heterocycles. The first-order chi connectivity index (χ1) is 9.71. The summed E-state index contributed by atoms with van der Waals surface area (Å²) in [5, 5.41) is 0.529. The van der Waals surface area contributed by atoms with Crippen molar-refractivity contribution in [2.45, 2.75) is 24.3 Å². The van der Waals surface area contributed by atoms with Crippen molar-refractivity contribution >= 4 is 21.6 Å². The lowest BCUT2D eigenvalue weighted by Gasteiger charge is -2.26. The van der Waals surface area contributed by atoms with Crippen LogP contribution in [0.5, 0.6) is 0 Å². The minimum Gasteiger partial charge on any atom is -0.207 e. The predicted octanol–water partition coefficient (Wildman–Crippen LogP) is 3.69. The van der Waals surface area contributed by atoms with Crippen LogP contribution in [0.25, 0.3) is 0 Å². The Morgan fingerprint density at radius 3 is 2.29 bits per heavy atom. The normalized spacial score (nSPS) is 12.4. The van der Waals surface area contributed by atoms with Crippen molar-refractivity contribution < 1.29 is 12.8 Å². The summed E-state index contributed by atoms with van der Waals surface area (Å²) in [7, 11) is -3.76. The summed E-state index contributed by atoms with van der Waals surface area (Å²) in [5.41, 5.74) is -0.112. The average Bonchev–Trinajstić information content (AvgIpc) is 2.38. The van der Waals surface area contributed by atoms with Crippen LogP contribution < -0.4 is 4.72 Å². The zero-order chi connectivity index (χ0) is 15.7. The van der Waals surface area contributed by atoms with E-state index in [1.165, 1.54) is 12.1 Å². The van der Waals surface area contributed by atoms with E-state index in [-0.39, 0.29) is 4.90 Å². The number of hydrogen-bond acceptors (Lipinski definition) is 2. The van der Waals surface area contributed by atoms with Gasteiger partial charge in [0, 0.05) is 5.02 Å². The third-order valence-corrected chi connectivity index (χ3v) is 4.97. The summed E-state index contributed by atoms with van der Waals surface area (Å²) < 4.78 is 40.2. The molecule has 0 spiro atoms. The van der Waals surface area contributed by atoms with E-state index in [9.17, 15) is 12.8 Å². The van der Waals surface area contributed by atoms with E-state index >= 15 is 0 Å². The van der Waals surface area contributed by atoms with Crippen molar-refractivity contribution in [3.8, 4) is 0 Å². The van der Waals surface area contributed by atoms with Gasteiger partial charge in [0.15, 0.2) is 0 Å². The van der Waals surface area contributed by atoms with Crippen molar-refractivity contribution in [3.05, 3.63) is 64.9 Å². The molecular formula is C15H15ClFNO2S. The first-order valence-electron chi connectivity index (χ1n) is 6.26. The van der Waals surface area contributed by atoms with E-state index in [1.807, 2.05) is 0 Å². The van der Waals surface area contributed by atoms with Crippen LogP contribution in [0.1, 0.15) is 19.4 Å². The first-order valence-corrected chi connectivity index (χ1v) is 8.12. The SMILES string of the molecule is CC(C)(NS(=O)(=O)c1ccc(F)cc1)c1cccc(Cl)c1. The van der Waals surface area contributed by atoms with Crippen molar-refractivity contribution in [1.82, 2.24) is 4.72 Å². The smallest absolute Gasteiger partial charge is 0.207 e. The van der Waals surface area contributed by atoms with Crippen LogP contribution in [-0.4, -0.2) is 8.42 Å². The Bertz CT molecular complexity index is 743. The van der Waals surface area contributed by atoms with Gasteiger partial charge in [-0.2, -0.15) is 0 Å². The molecule has 21 heavy (non-hydrogen) atoms. The Kier molecular flexibility index (Phi) is 4.37. The lowest BCUT2D eigenvalue weighted by Crippen LogP contribution is -2.40. The van der Waals surface area contributed by atoms with Crippen molar-refractivity contribution in [3.63, 3.8) is 0 Å². The zero-order valence-electron chi connectivity index (χ0n) is 11.6. The minimum absolute atomic E-state index is 0.0130. The summed E-state index contributed by atoms with van der Waals surface area (Å²) in [5.74, 6) is -0.483. The van der Waals surface area contributed by atoms with Crippen LogP contribution >= 0.6 is 11.6 Å². The molecule has 0 amide bonds. The topological polar surface area (TPSA) is 46.2 Å². The molecule has 0 fully saturated rings. The molecule has 0 unspecified atom stereocenters. The molecular weight excluding hydrogens is 313 g/mol. The maximum atomic E-state index is 12.9. The lowest BCUT2D eigenvalue weighted by molar-refractivity contribution is 0.472. The van der Waals surface area contributed by atoms with Gasteiger partial charge in [0.05, 0.1) is 10.4 Å². The molecule has 2 aromatic rings. The molecule has 2 rings (SSSR count). The molecule has 0 heterocycles. The second kappa shape index (κ2) is 5.75. The number of sulfonamides is 1. The maximum Gasteiger partial charge on any atom is 0.241 e. The molecule has 0 aliphatic carbocycles. The van der Waals surface area contributed by atoms with Crippen LogP contribution in [0.15, 0.2) is 53.4 Å². The summed E-state index contributed by atoms with van der Waals surface area (Å²) in [6.07, 6.45) is 0. The first kappa shape index (κ1) is 15.9. The fraction of sp³-hybridized carbons (Fsp3) is 0.200. The lowest BCUT2D eigenvalue weighted by atomic mass is 9.96. The van der Waals surface area contributed by atoms with Gasteiger partial charge < -0.3 is 0 Å². The van der Waals surface area contributed by atoms with Gasteiger partial charge in [0.1, 0.15) is 5.82 Å². The highest BCUT2D eigenvalue weighted by atomic mass is 35.5. The molecule has 2 aromatic carbocycles. The number of rotatable bonds is 4. The minimum atomic E-state index is -3.76. The second-order valence-electron chi connectivity index (χ2n) is 5.19. The quantitative estimate of drug-likeness (QED) is 0.930. The molecule has 0 saturated heterocycles. The van der Waals surface area contributed by atoms with E-state index in [1.54, 1.807) is 38.1 Å². The van der Waals surface area contributed by atoms with Crippen LogP contribution in [0.2, 0.25) is 5.02 Å². The highest BCUT2D eigenvalue weighted by Crippen LogP contribution is 2.25. The third kappa shape index (κ3) is 3.81. The molecule has 1 N–H and O–H groups in total. The molecule has 0 atom stereocenters. The fourth-order valence-corrected chi connectivity index (χ4v) is 3.54. The second-order valence-corrected chi connectivity index (χ2v) is 7.31. The monoisotopic (exact) mass is 327 g/mol. The van der Waals surface area contributed by atoms with Gasteiger partial charge in [-0.15, -0.1) is 0 Å². The standard InChI is InChI=1S/C15H15ClFNO2S/c1-15(2,11-4-3-5-12(16)10-11)18-21(19,20)14-8-6-13(17)7-9-14/h3-10,18H,1-2H3. The van der Waals surface area contributed by atoms with Crippen LogP contribution in [0.4, 0.5) is 4.39 Å². The van der Waals surface area contributed by atoms with Gasteiger partial charge >= 0.3 is 0 Å². The summed E-state index contributed by atoms with van der Waals surface area (Å²) in [6.45, 7) is 3.47. The highest BCUT2D eigenvalue weighted by molar-refractivity contribution is 7.89. The van der Waals surface area contributed by atoms with Gasteiger partial charge in [0.25, 0.3) is 0 Å². The molecule has 0 radical (unpaired) electrons. The molecule has 0 saturated carbocycles. The van der Waals surface area contributed by atoms with E-state index in [4.69, 9.17) is 11.6 Å². The molecule has 3 nitrogen and oxygen atoms in total. The van der Waals surface area contributed by atoms with E-state index in [2.05, 4.69) is 4.72 Å². The largest absolute Gasteiger partial charge is 0.241 e. The Labute approximate surface area is 128 Å². The number of hydrogen-bond donors (Lipinski definition) is 1. The third-order valence-electron chi connectivity index (χ3n) is 3.06. The summed E-state index contributed by atoms with van der Waals surface area (Å²) in [4.78, 5) is 0.0130. The van der Waals surface area contributed by atoms with E-state index in [0.717, 1.165) is 17.7 Å². The van der Waals surface area contributed by atoms with Gasteiger partial charge in [-0.05, 0) is 55.8 Å². The maximum absolute atomic E-state index is 12.9. The Morgan fingerprint density at radius 2 is 1.71 bits per heavy atom. The number of halogens is 2. The van der Waals surface area contributed by atoms with Crippen molar-refractivity contribution in [2.24, 2.45) is 0 Å². The van der Waals surface area contributed by atoms with E-state index < -0.39 is 21.4 Å². The fourth-order valence-electron chi connectivity index (χ4n) is 1.94. The Balaban J connectivity index is 2.32. The van der Waals surface area contributed by atoms with Crippen molar-refractivity contribution in [2.75, 3.05) is 0 Å². The van der Waals surface area contributed by atoms with Crippen LogP contribution in [0.3, 0.4) is 0 Å². The Hall–Kier alpha value is -1.43. The summed E-state index contributed by atoms with van der Waals surface area (Å²) in [6, 6.07) is 11.6. The zero-order valence-corrected chi connectivity index (χ0v) is 13.2. The molecule has 6 heteroatoms. The van der Waals surface area contributed by atoms with Crippen LogP contribution in [0, 0.1) is 5.82 Å². The van der Waals surface area contributed by atoms with Crippen molar-refractivity contribution in [1.29, 1.82) is 0 Å². The van der Waals surface area contributed by atoms with Crippen LogP contribution in [-0.2, 0) is 15.6 Å². The summed E-state index contributed by atoms with van der Waals surface area (Å²) >= 11 is 5.94. The Morgan fingerprint density at radius 1 is 1.10 bits per heavy atom. The van der Waals surface area contributed by atoms with Gasteiger partial charge in [-0.1, -0.05) is 23.7 Å². The molecule has 0 aliphatic heterocycles.